The van der Waals surface area contributed by atoms with Crippen molar-refractivity contribution in [3.05, 3.63) is 21.3 Å². The van der Waals surface area contributed by atoms with Crippen LogP contribution in [0.1, 0.15) is 19.3 Å². The monoisotopic (exact) mass is 295 g/mol. The highest BCUT2D eigenvalue weighted by Crippen LogP contribution is 2.30. The minimum Gasteiger partial charge on any atom is -0.474 e. The Morgan fingerprint density at radius 1 is 1.29 bits per heavy atom. The standard InChI is InChI=1S/C11H12Cl3NO2/c12-8-5-9(13)11(15-10(8)14)17-6-7-3-1-2-4-16-7/h5,7H,1-4,6H2. The van der Waals surface area contributed by atoms with Crippen LogP contribution in [-0.2, 0) is 4.74 Å². The third-order valence-corrected chi connectivity index (χ3v) is 3.48. The minimum atomic E-state index is 0.107. The van der Waals surface area contributed by atoms with Crippen molar-refractivity contribution in [3.63, 3.8) is 0 Å². The van der Waals surface area contributed by atoms with Gasteiger partial charge in [-0.25, -0.2) is 0 Å². The van der Waals surface area contributed by atoms with E-state index < -0.39 is 0 Å². The quantitative estimate of drug-likeness (QED) is 0.790. The Morgan fingerprint density at radius 3 is 2.82 bits per heavy atom. The number of hydrogen-bond acceptors (Lipinski definition) is 3. The highest BCUT2D eigenvalue weighted by molar-refractivity contribution is 6.42. The summed E-state index contributed by atoms with van der Waals surface area (Å²) in [5.41, 5.74) is 0. The Bertz CT molecular complexity index is 395. The minimum absolute atomic E-state index is 0.107. The lowest BCUT2D eigenvalue weighted by Gasteiger charge is -2.22. The molecule has 0 radical (unpaired) electrons. The SMILES string of the molecule is Clc1cc(Cl)c(OCC2CCCCO2)nc1Cl. The summed E-state index contributed by atoms with van der Waals surface area (Å²) < 4.78 is 11.0. The highest BCUT2D eigenvalue weighted by atomic mass is 35.5. The first kappa shape index (κ1) is 13.2. The summed E-state index contributed by atoms with van der Waals surface area (Å²) >= 11 is 17.5. The van der Waals surface area contributed by atoms with Gasteiger partial charge in [-0.05, 0) is 25.3 Å². The lowest BCUT2D eigenvalue weighted by atomic mass is 10.1. The summed E-state index contributed by atoms with van der Waals surface area (Å²) in [6, 6.07) is 1.52. The van der Waals surface area contributed by atoms with E-state index >= 15 is 0 Å². The Hall–Kier alpha value is -0.220. The Labute approximate surface area is 115 Å². The third-order valence-electron chi connectivity index (χ3n) is 2.53. The van der Waals surface area contributed by atoms with Crippen molar-refractivity contribution in [2.24, 2.45) is 0 Å². The van der Waals surface area contributed by atoms with Crippen molar-refractivity contribution in [2.75, 3.05) is 13.2 Å². The summed E-state index contributed by atoms with van der Waals surface area (Å²) in [7, 11) is 0. The number of hydrogen-bond donors (Lipinski definition) is 0. The van der Waals surface area contributed by atoms with Gasteiger partial charge in [-0.15, -0.1) is 0 Å². The average Bonchev–Trinajstić information content (AvgIpc) is 2.33. The van der Waals surface area contributed by atoms with Gasteiger partial charge in [0.05, 0.1) is 11.1 Å². The van der Waals surface area contributed by atoms with E-state index in [-0.39, 0.29) is 11.3 Å². The number of nitrogens with zero attached hydrogens (tertiary/aromatic N) is 1. The number of ether oxygens (including phenoxy) is 2. The molecule has 17 heavy (non-hydrogen) atoms. The van der Waals surface area contributed by atoms with Gasteiger partial charge in [0.15, 0.2) is 5.15 Å². The molecule has 0 spiro atoms. The summed E-state index contributed by atoms with van der Waals surface area (Å²) in [6.07, 6.45) is 3.38. The van der Waals surface area contributed by atoms with Crippen molar-refractivity contribution in [1.82, 2.24) is 4.98 Å². The van der Waals surface area contributed by atoms with Crippen LogP contribution in [-0.4, -0.2) is 24.3 Å². The summed E-state index contributed by atoms with van der Waals surface area (Å²) in [5, 5.41) is 0.865. The maximum atomic E-state index is 5.95. The zero-order valence-electron chi connectivity index (χ0n) is 9.09. The molecule has 0 amide bonds. The summed E-state index contributed by atoms with van der Waals surface area (Å²) in [5.74, 6) is 0.301. The first-order valence-electron chi connectivity index (χ1n) is 5.43. The molecule has 1 aromatic rings. The fourth-order valence-corrected chi connectivity index (χ4v) is 2.18. The van der Waals surface area contributed by atoms with Gasteiger partial charge in [-0.2, -0.15) is 4.98 Å². The topological polar surface area (TPSA) is 31.4 Å². The van der Waals surface area contributed by atoms with Crippen LogP contribution in [0.25, 0.3) is 0 Å². The van der Waals surface area contributed by atoms with Gasteiger partial charge in [0.1, 0.15) is 11.6 Å². The van der Waals surface area contributed by atoms with E-state index in [1.807, 2.05) is 0 Å². The predicted octanol–water partition coefficient (Wildman–Crippen LogP) is 3.99. The van der Waals surface area contributed by atoms with Gasteiger partial charge < -0.3 is 9.47 Å². The molecule has 2 heterocycles. The van der Waals surface area contributed by atoms with Crippen LogP contribution in [0.3, 0.4) is 0 Å². The zero-order chi connectivity index (χ0) is 12.3. The van der Waals surface area contributed by atoms with Crippen LogP contribution in [0.2, 0.25) is 15.2 Å². The molecular formula is C11H12Cl3NO2. The summed E-state index contributed by atoms with van der Waals surface area (Å²) in [6.45, 7) is 1.22. The van der Waals surface area contributed by atoms with E-state index in [0.717, 1.165) is 25.9 Å². The highest BCUT2D eigenvalue weighted by Gasteiger charge is 2.16. The molecule has 1 aromatic heterocycles. The van der Waals surface area contributed by atoms with Crippen LogP contribution in [0.15, 0.2) is 6.07 Å². The molecule has 1 atom stereocenters. The van der Waals surface area contributed by atoms with Gasteiger partial charge in [-0.1, -0.05) is 34.8 Å². The average molecular weight is 297 g/mol. The molecule has 3 nitrogen and oxygen atoms in total. The number of halogens is 3. The van der Waals surface area contributed by atoms with Crippen molar-refractivity contribution in [1.29, 1.82) is 0 Å². The molecule has 0 aliphatic carbocycles. The smallest absolute Gasteiger partial charge is 0.234 e. The molecule has 94 valence electrons. The van der Waals surface area contributed by atoms with Gasteiger partial charge in [0.2, 0.25) is 5.88 Å². The van der Waals surface area contributed by atoms with Crippen molar-refractivity contribution in [3.8, 4) is 5.88 Å². The van der Waals surface area contributed by atoms with Crippen LogP contribution >= 0.6 is 34.8 Å². The Balaban J connectivity index is 1.96. The molecule has 0 N–H and O–H groups in total. The first-order chi connectivity index (χ1) is 8.16. The fraction of sp³-hybridized carbons (Fsp3) is 0.545. The largest absolute Gasteiger partial charge is 0.474 e. The van der Waals surface area contributed by atoms with E-state index in [4.69, 9.17) is 44.3 Å². The zero-order valence-corrected chi connectivity index (χ0v) is 11.4. The molecular weight excluding hydrogens is 284 g/mol. The lowest BCUT2D eigenvalue weighted by Crippen LogP contribution is -2.26. The first-order valence-corrected chi connectivity index (χ1v) is 6.56. The number of rotatable bonds is 3. The molecule has 1 unspecified atom stereocenters. The van der Waals surface area contributed by atoms with Crippen LogP contribution in [0, 0.1) is 0 Å². The predicted molar refractivity (Wildman–Crippen MR) is 68.4 cm³/mol. The summed E-state index contributed by atoms with van der Waals surface area (Å²) in [4.78, 5) is 3.98. The second-order valence-electron chi connectivity index (χ2n) is 3.85. The molecule has 1 fully saturated rings. The third kappa shape index (κ3) is 3.62. The van der Waals surface area contributed by atoms with Crippen LogP contribution in [0.4, 0.5) is 0 Å². The van der Waals surface area contributed by atoms with Gasteiger partial charge in [-0.3, -0.25) is 0 Å². The molecule has 2 rings (SSSR count). The van der Waals surface area contributed by atoms with E-state index in [1.165, 1.54) is 6.07 Å². The molecule has 1 aliphatic rings. The van der Waals surface area contributed by atoms with Crippen molar-refractivity contribution >= 4 is 34.8 Å². The maximum absolute atomic E-state index is 5.95. The molecule has 0 saturated carbocycles. The second kappa shape index (κ2) is 6.10. The molecule has 1 saturated heterocycles. The van der Waals surface area contributed by atoms with Crippen molar-refractivity contribution < 1.29 is 9.47 Å². The van der Waals surface area contributed by atoms with Gasteiger partial charge >= 0.3 is 0 Å². The molecule has 1 aliphatic heterocycles. The molecule has 0 bridgehead atoms. The fourth-order valence-electron chi connectivity index (χ4n) is 1.64. The van der Waals surface area contributed by atoms with E-state index in [0.29, 0.717) is 22.5 Å². The normalized spacial score (nSPS) is 20.3. The Kier molecular flexibility index (Phi) is 4.74. The van der Waals surface area contributed by atoms with Crippen LogP contribution < -0.4 is 4.74 Å². The molecule has 0 aromatic carbocycles. The van der Waals surface area contributed by atoms with Crippen molar-refractivity contribution in [2.45, 2.75) is 25.4 Å². The van der Waals surface area contributed by atoms with Gasteiger partial charge in [0, 0.05) is 6.61 Å². The van der Waals surface area contributed by atoms with E-state index in [2.05, 4.69) is 4.98 Å². The van der Waals surface area contributed by atoms with E-state index in [9.17, 15) is 0 Å². The van der Waals surface area contributed by atoms with E-state index in [1.54, 1.807) is 0 Å². The Morgan fingerprint density at radius 2 is 2.12 bits per heavy atom. The number of pyridine rings is 1. The number of aromatic nitrogens is 1. The molecule has 6 heteroatoms. The second-order valence-corrected chi connectivity index (χ2v) is 5.02. The maximum Gasteiger partial charge on any atom is 0.234 e. The lowest BCUT2D eigenvalue weighted by molar-refractivity contribution is -0.0119. The van der Waals surface area contributed by atoms with Gasteiger partial charge in [0.25, 0.3) is 0 Å². The van der Waals surface area contributed by atoms with Crippen LogP contribution in [0.5, 0.6) is 5.88 Å².